The number of nitrogens with zero attached hydrogens (tertiary/aromatic N) is 5. The summed E-state index contributed by atoms with van der Waals surface area (Å²) in [6.07, 6.45) is 2.16. The largest absolute Gasteiger partial charge is 0.490 e. The summed E-state index contributed by atoms with van der Waals surface area (Å²) >= 11 is 0. The lowest BCUT2D eigenvalue weighted by Gasteiger charge is -2.23. The molecule has 2 aliphatic rings. The minimum absolute atomic E-state index is 0.0850. The van der Waals surface area contributed by atoms with Gasteiger partial charge >= 0.3 is 12.1 Å². The van der Waals surface area contributed by atoms with Crippen LogP contribution in [0.25, 0.3) is 0 Å². The van der Waals surface area contributed by atoms with Crippen molar-refractivity contribution in [2.75, 3.05) is 24.5 Å². The van der Waals surface area contributed by atoms with Crippen LogP contribution in [0, 0.1) is 5.41 Å². The maximum absolute atomic E-state index is 12.5. The number of rotatable bonds is 3. The number of carbonyl (C=O) groups excluding carboxylic acids is 1. The van der Waals surface area contributed by atoms with E-state index >= 15 is 0 Å². The van der Waals surface area contributed by atoms with Gasteiger partial charge in [0.15, 0.2) is 0 Å². The molecule has 8 nitrogen and oxygen atoms in total. The molecule has 1 spiro atoms. The van der Waals surface area contributed by atoms with Crippen LogP contribution in [0.4, 0.5) is 18.9 Å². The molecule has 1 amide bonds. The Kier molecular flexibility index (Phi) is 6.11. The highest BCUT2D eigenvalue weighted by Crippen LogP contribution is 2.42. The van der Waals surface area contributed by atoms with Gasteiger partial charge in [0.1, 0.15) is 0 Å². The summed E-state index contributed by atoms with van der Waals surface area (Å²) in [6.45, 7) is 3.66. The molecule has 2 aromatic rings. The van der Waals surface area contributed by atoms with Crippen molar-refractivity contribution in [1.82, 2.24) is 19.7 Å². The van der Waals surface area contributed by atoms with Crippen molar-refractivity contribution in [2.24, 2.45) is 12.5 Å². The van der Waals surface area contributed by atoms with Crippen molar-refractivity contribution in [3.8, 4) is 0 Å². The van der Waals surface area contributed by atoms with Crippen LogP contribution < -0.4 is 4.90 Å². The van der Waals surface area contributed by atoms with Crippen LogP contribution in [0.1, 0.15) is 18.5 Å². The van der Waals surface area contributed by atoms with E-state index in [1.807, 2.05) is 36.5 Å². The molecule has 162 valence electrons. The Balaban J connectivity index is 0.000000318. The zero-order valence-electron chi connectivity index (χ0n) is 16.3. The maximum Gasteiger partial charge on any atom is 0.490 e. The van der Waals surface area contributed by atoms with Crippen molar-refractivity contribution >= 4 is 17.6 Å². The predicted octanol–water partition coefficient (Wildman–Crippen LogP) is 2.08. The number of likely N-dealkylation sites (tertiary alicyclic amines) is 1. The van der Waals surface area contributed by atoms with Gasteiger partial charge in [0, 0.05) is 50.9 Å². The first-order valence-electron chi connectivity index (χ1n) is 9.29. The molecule has 0 aliphatic carbocycles. The maximum atomic E-state index is 12.5. The van der Waals surface area contributed by atoms with Crippen LogP contribution in [-0.2, 0) is 23.2 Å². The van der Waals surface area contributed by atoms with E-state index in [1.54, 1.807) is 10.9 Å². The number of amides is 1. The van der Waals surface area contributed by atoms with Crippen molar-refractivity contribution in [2.45, 2.75) is 25.6 Å². The molecule has 1 atom stereocenters. The quantitative estimate of drug-likeness (QED) is 0.810. The summed E-state index contributed by atoms with van der Waals surface area (Å²) in [6, 6.07) is 6.03. The minimum atomic E-state index is -5.08. The second kappa shape index (κ2) is 8.42. The Morgan fingerprint density at radius 2 is 2.03 bits per heavy atom. The number of aliphatic carboxylic acids is 1. The first-order chi connectivity index (χ1) is 14.1. The van der Waals surface area contributed by atoms with Gasteiger partial charge in [-0.05, 0) is 25.1 Å². The van der Waals surface area contributed by atoms with Gasteiger partial charge in [-0.25, -0.2) is 4.79 Å². The number of pyridine rings is 1. The van der Waals surface area contributed by atoms with Crippen molar-refractivity contribution < 1.29 is 27.9 Å². The predicted molar refractivity (Wildman–Crippen MR) is 100 cm³/mol. The van der Waals surface area contributed by atoms with E-state index in [9.17, 15) is 18.0 Å². The number of carbonyl (C=O) groups is 2. The number of carboxylic acids is 1. The molecule has 2 fully saturated rings. The zero-order valence-corrected chi connectivity index (χ0v) is 16.3. The normalized spacial score (nSPS) is 21.7. The Bertz CT molecular complexity index is 902. The molecule has 0 aromatic carbocycles. The highest BCUT2D eigenvalue weighted by atomic mass is 19.4. The number of halogens is 3. The molecule has 0 saturated carbocycles. The summed E-state index contributed by atoms with van der Waals surface area (Å²) in [7, 11) is 1.88. The SMILES string of the molecule is Cn1cc(N2CC3(CCN(Cc4ccccn4)C3)CC2=O)cn1.O=C(O)C(F)(F)F. The summed E-state index contributed by atoms with van der Waals surface area (Å²) in [5.41, 5.74) is 2.09. The monoisotopic (exact) mass is 425 g/mol. The molecule has 2 aromatic heterocycles. The molecule has 11 heteroatoms. The second-order valence-corrected chi connectivity index (χ2v) is 7.61. The van der Waals surface area contributed by atoms with Crippen LogP contribution in [0.3, 0.4) is 0 Å². The van der Waals surface area contributed by atoms with Gasteiger partial charge in [0.25, 0.3) is 0 Å². The van der Waals surface area contributed by atoms with Crippen LogP contribution >= 0.6 is 0 Å². The minimum Gasteiger partial charge on any atom is -0.475 e. The Labute approximate surface area is 170 Å². The number of anilines is 1. The topological polar surface area (TPSA) is 91.6 Å². The third-order valence-electron chi connectivity index (χ3n) is 5.20. The molecule has 1 N–H and O–H groups in total. The van der Waals surface area contributed by atoms with E-state index < -0.39 is 12.1 Å². The molecule has 0 radical (unpaired) electrons. The first kappa shape index (κ1) is 21.8. The number of hydrogen-bond donors (Lipinski definition) is 1. The number of aromatic nitrogens is 3. The third kappa shape index (κ3) is 5.15. The molecule has 2 aliphatic heterocycles. The van der Waals surface area contributed by atoms with E-state index in [2.05, 4.69) is 21.0 Å². The van der Waals surface area contributed by atoms with Gasteiger partial charge < -0.3 is 10.0 Å². The standard InChI is InChI=1S/C17H21N5O.C2HF3O2/c1-20-11-15(9-19-20)22-13-17(8-16(22)23)5-7-21(12-17)10-14-4-2-3-6-18-14;3-2(4,5)1(6)7/h2-4,6,9,11H,5,7-8,10,12-13H2,1H3;(H,6,7). The molecule has 4 heterocycles. The van der Waals surface area contributed by atoms with Crippen LogP contribution in [0.2, 0.25) is 0 Å². The molecular formula is C19H22F3N5O3. The summed E-state index contributed by atoms with van der Waals surface area (Å²) in [5.74, 6) is -2.54. The molecule has 1 unspecified atom stereocenters. The fraction of sp³-hybridized carbons (Fsp3) is 0.474. The number of carboxylic acid groups (broad SMARTS) is 1. The van der Waals surface area contributed by atoms with Crippen molar-refractivity contribution in [1.29, 1.82) is 0 Å². The lowest BCUT2D eigenvalue weighted by atomic mass is 9.86. The van der Waals surface area contributed by atoms with Crippen molar-refractivity contribution in [3.63, 3.8) is 0 Å². The van der Waals surface area contributed by atoms with Gasteiger partial charge in [0.2, 0.25) is 5.91 Å². The van der Waals surface area contributed by atoms with E-state index in [0.29, 0.717) is 6.42 Å². The fourth-order valence-electron chi connectivity index (χ4n) is 3.84. The zero-order chi connectivity index (χ0) is 21.9. The lowest BCUT2D eigenvalue weighted by Crippen LogP contribution is -2.31. The van der Waals surface area contributed by atoms with E-state index in [4.69, 9.17) is 9.90 Å². The van der Waals surface area contributed by atoms with E-state index in [0.717, 1.165) is 44.0 Å². The van der Waals surface area contributed by atoms with Gasteiger partial charge in [-0.15, -0.1) is 0 Å². The molecular weight excluding hydrogens is 403 g/mol. The van der Waals surface area contributed by atoms with Crippen molar-refractivity contribution in [3.05, 3.63) is 42.5 Å². The Morgan fingerprint density at radius 1 is 1.30 bits per heavy atom. The molecule has 4 rings (SSSR count). The van der Waals surface area contributed by atoms with Gasteiger partial charge in [-0.3, -0.25) is 19.4 Å². The van der Waals surface area contributed by atoms with Crippen LogP contribution in [0.5, 0.6) is 0 Å². The first-order valence-corrected chi connectivity index (χ1v) is 9.29. The number of hydrogen-bond acceptors (Lipinski definition) is 5. The summed E-state index contributed by atoms with van der Waals surface area (Å²) in [4.78, 5) is 30.1. The average Bonchev–Trinajstić information content (AvgIpc) is 3.35. The van der Waals surface area contributed by atoms with Gasteiger partial charge in [-0.2, -0.15) is 18.3 Å². The highest BCUT2D eigenvalue weighted by molar-refractivity contribution is 5.96. The van der Waals surface area contributed by atoms with E-state index in [1.165, 1.54) is 0 Å². The number of alkyl halides is 3. The molecule has 2 saturated heterocycles. The number of aryl methyl sites for hydroxylation is 1. The fourth-order valence-corrected chi connectivity index (χ4v) is 3.84. The van der Waals surface area contributed by atoms with Gasteiger partial charge in [-0.1, -0.05) is 6.07 Å². The smallest absolute Gasteiger partial charge is 0.475 e. The van der Waals surface area contributed by atoms with E-state index in [-0.39, 0.29) is 11.3 Å². The molecule has 30 heavy (non-hydrogen) atoms. The molecule has 0 bridgehead atoms. The summed E-state index contributed by atoms with van der Waals surface area (Å²) in [5, 5.41) is 11.3. The van der Waals surface area contributed by atoms with Crippen LogP contribution in [-0.4, -0.2) is 62.5 Å². The highest BCUT2D eigenvalue weighted by Gasteiger charge is 2.48. The van der Waals surface area contributed by atoms with Crippen LogP contribution in [0.15, 0.2) is 36.8 Å². The Morgan fingerprint density at radius 3 is 2.60 bits per heavy atom. The lowest BCUT2D eigenvalue weighted by molar-refractivity contribution is -0.192. The van der Waals surface area contributed by atoms with Gasteiger partial charge in [0.05, 0.1) is 17.6 Å². The average molecular weight is 425 g/mol. The second-order valence-electron chi connectivity index (χ2n) is 7.61. The third-order valence-corrected chi connectivity index (χ3v) is 5.20. The Hall–Kier alpha value is -2.95. The summed E-state index contributed by atoms with van der Waals surface area (Å²) < 4.78 is 33.5.